The van der Waals surface area contributed by atoms with Gasteiger partial charge in [0, 0.05) is 6.07 Å². The van der Waals surface area contributed by atoms with Crippen molar-refractivity contribution in [3.63, 3.8) is 0 Å². The van der Waals surface area contributed by atoms with Crippen molar-refractivity contribution in [3.05, 3.63) is 65.2 Å². The van der Waals surface area contributed by atoms with E-state index in [4.69, 9.17) is 0 Å². The summed E-state index contributed by atoms with van der Waals surface area (Å²) in [5.74, 6) is 0.374. The average molecular weight is 338 g/mol. The van der Waals surface area contributed by atoms with Crippen molar-refractivity contribution in [3.8, 4) is 11.5 Å². The molecule has 0 heterocycles. The molecule has 0 saturated carbocycles. The van der Waals surface area contributed by atoms with Crippen molar-refractivity contribution < 1.29 is 15.3 Å². The highest BCUT2D eigenvalue weighted by molar-refractivity contribution is 5.72. The molecule has 0 radical (unpaired) electrons. The molecular formula is C22H26O3. The highest BCUT2D eigenvalue weighted by Crippen LogP contribution is 2.22. The van der Waals surface area contributed by atoms with Crippen molar-refractivity contribution in [2.75, 3.05) is 0 Å². The largest absolute Gasteiger partial charge is 0.508 e. The molecule has 0 bridgehead atoms. The van der Waals surface area contributed by atoms with Crippen LogP contribution in [-0.2, 0) is 0 Å². The first-order valence-electron chi connectivity index (χ1n) is 8.60. The molecule has 1 unspecified atom stereocenters. The summed E-state index contributed by atoms with van der Waals surface area (Å²) in [6.07, 6.45) is 9.30. The first-order valence-corrected chi connectivity index (χ1v) is 8.60. The van der Waals surface area contributed by atoms with Crippen LogP contribution < -0.4 is 0 Å². The van der Waals surface area contributed by atoms with E-state index in [9.17, 15) is 15.3 Å². The van der Waals surface area contributed by atoms with Crippen molar-refractivity contribution >= 4 is 18.2 Å². The van der Waals surface area contributed by atoms with Crippen molar-refractivity contribution in [1.82, 2.24) is 0 Å². The second-order valence-electron chi connectivity index (χ2n) is 6.58. The van der Waals surface area contributed by atoms with Gasteiger partial charge < -0.3 is 15.3 Å². The molecule has 0 aliphatic carbocycles. The SMILES string of the molecule is CC(C)C(O)CCC=Cc1cccc(C=Cc2cc(O)cc(O)c2)c1. The molecule has 3 nitrogen and oxygen atoms in total. The minimum atomic E-state index is -0.252. The number of phenolic OH excluding ortho intramolecular Hbond substituents is 2. The van der Waals surface area contributed by atoms with E-state index in [1.54, 1.807) is 12.1 Å². The summed E-state index contributed by atoms with van der Waals surface area (Å²) in [5, 5.41) is 28.8. The molecule has 2 rings (SSSR count). The van der Waals surface area contributed by atoms with Crippen molar-refractivity contribution in [1.29, 1.82) is 0 Å². The summed E-state index contributed by atoms with van der Waals surface area (Å²) in [6, 6.07) is 12.6. The van der Waals surface area contributed by atoms with Crippen molar-refractivity contribution in [2.45, 2.75) is 32.8 Å². The van der Waals surface area contributed by atoms with Crippen LogP contribution in [0.4, 0.5) is 0 Å². The molecule has 0 spiro atoms. The summed E-state index contributed by atoms with van der Waals surface area (Å²) in [5.41, 5.74) is 2.87. The third-order valence-corrected chi connectivity index (χ3v) is 4.01. The van der Waals surface area contributed by atoms with E-state index in [0.717, 1.165) is 29.5 Å². The highest BCUT2D eigenvalue weighted by Gasteiger charge is 2.06. The second-order valence-corrected chi connectivity index (χ2v) is 6.58. The Morgan fingerprint density at radius 1 is 0.840 bits per heavy atom. The standard InChI is InChI=1S/C22H26O3/c1-16(2)22(25)9-4-3-6-17-7-5-8-18(12-17)10-11-19-13-20(23)15-21(24)14-19/h3,5-8,10-16,22-25H,4,9H2,1-2H3. The first-order chi connectivity index (χ1) is 11.9. The zero-order valence-corrected chi connectivity index (χ0v) is 14.8. The lowest BCUT2D eigenvalue weighted by Gasteiger charge is -2.12. The zero-order chi connectivity index (χ0) is 18.2. The molecule has 0 amide bonds. The van der Waals surface area contributed by atoms with Crippen LogP contribution in [0.3, 0.4) is 0 Å². The van der Waals surface area contributed by atoms with E-state index in [2.05, 4.69) is 18.2 Å². The molecule has 0 saturated heterocycles. The highest BCUT2D eigenvalue weighted by atomic mass is 16.3. The Balaban J connectivity index is 1.99. The second kappa shape index (κ2) is 9.09. The summed E-state index contributed by atoms with van der Waals surface area (Å²) in [7, 11) is 0. The Morgan fingerprint density at radius 3 is 2.08 bits per heavy atom. The Hall–Kier alpha value is -2.52. The number of hydrogen-bond acceptors (Lipinski definition) is 3. The maximum atomic E-state index is 9.81. The average Bonchev–Trinajstić information content (AvgIpc) is 2.56. The van der Waals surface area contributed by atoms with E-state index in [0.29, 0.717) is 5.92 Å². The maximum Gasteiger partial charge on any atom is 0.119 e. The fourth-order valence-corrected chi connectivity index (χ4v) is 2.49. The first kappa shape index (κ1) is 18.8. The lowest BCUT2D eigenvalue weighted by molar-refractivity contribution is 0.117. The van der Waals surface area contributed by atoms with Crippen LogP contribution in [0.1, 0.15) is 43.4 Å². The molecule has 0 aromatic heterocycles. The molecule has 3 N–H and O–H groups in total. The van der Waals surface area contributed by atoms with Gasteiger partial charge in [0.25, 0.3) is 0 Å². The molecule has 0 aliphatic heterocycles. The number of hydrogen-bond donors (Lipinski definition) is 3. The van der Waals surface area contributed by atoms with Gasteiger partial charge in [0.15, 0.2) is 0 Å². The van der Waals surface area contributed by atoms with E-state index in [-0.39, 0.29) is 17.6 Å². The Labute approximate surface area is 149 Å². The number of aliphatic hydroxyl groups is 1. The van der Waals surface area contributed by atoms with Gasteiger partial charge in [-0.3, -0.25) is 0 Å². The third kappa shape index (κ3) is 6.48. The smallest absolute Gasteiger partial charge is 0.119 e. The van der Waals surface area contributed by atoms with Gasteiger partial charge in [0.1, 0.15) is 11.5 Å². The van der Waals surface area contributed by atoms with Crippen LogP contribution in [0, 0.1) is 5.92 Å². The van der Waals surface area contributed by atoms with Gasteiger partial charge in [-0.2, -0.15) is 0 Å². The van der Waals surface area contributed by atoms with Gasteiger partial charge in [-0.15, -0.1) is 0 Å². The molecule has 3 heteroatoms. The summed E-state index contributed by atoms with van der Waals surface area (Å²) < 4.78 is 0. The topological polar surface area (TPSA) is 60.7 Å². The van der Waals surface area contributed by atoms with Gasteiger partial charge in [0.2, 0.25) is 0 Å². The predicted octanol–water partition coefficient (Wildman–Crippen LogP) is 5.08. The van der Waals surface area contributed by atoms with Gasteiger partial charge in [0.05, 0.1) is 6.10 Å². The lowest BCUT2D eigenvalue weighted by Crippen LogP contribution is -2.13. The Kier molecular flexibility index (Phi) is 6.84. The minimum absolute atomic E-state index is 0.0416. The summed E-state index contributed by atoms with van der Waals surface area (Å²) in [6.45, 7) is 4.05. The van der Waals surface area contributed by atoms with Crippen LogP contribution in [0.25, 0.3) is 18.2 Å². The maximum absolute atomic E-state index is 9.81. The van der Waals surface area contributed by atoms with Gasteiger partial charge >= 0.3 is 0 Å². The van der Waals surface area contributed by atoms with Crippen LogP contribution in [0.15, 0.2) is 48.5 Å². The molecule has 2 aromatic rings. The number of allylic oxidation sites excluding steroid dienone is 1. The van der Waals surface area contributed by atoms with E-state index < -0.39 is 0 Å². The Bertz CT molecular complexity index is 724. The van der Waals surface area contributed by atoms with Gasteiger partial charge in [-0.05, 0) is 53.6 Å². The molecule has 0 aliphatic rings. The van der Waals surface area contributed by atoms with E-state index in [1.165, 1.54) is 6.07 Å². The number of aromatic hydroxyl groups is 2. The molecule has 2 aromatic carbocycles. The Morgan fingerprint density at radius 2 is 1.44 bits per heavy atom. The summed E-state index contributed by atoms with van der Waals surface area (Å²) >= 11 is 0. The van der Waals surface area contributed by atoms with E-state index >= 15 is 0 Å². The zero-order valence-electron chi connectivity index (χ0n) is 14.8. The normalized spacial score (nSPS) is 13.1. The number of phenols is 2. The van der Waals surface area contributed by atoms with Crippen LogP contribution >= 0.6 is 0 Å². The van der Waals surface area contributed by atoms with Crippen LogP contribution in [-0.4, -0.2) is 21.4 Å². The fraction of sp³-hybridized carbons (Fsp3) is 0.273. The number of rotatable bonds is 7. The van der Waals surface area contributed by atoms with Gasteiger partial charge in [-0.1, -0.05) is 56.4 Å². The number of benzene rings is 2. The molecule has 132 valence electrons. The van der Waals surface area contributed by atoms with Gasteiger partial charge in [-0.25, -0.2) is 0 Å². The molecular weight excluding hydrogens is 312 g/mol. The lowest BCUT2D eigenvalue weighted by atomic mass is 10.0. The predicted molar refractivity (Wildman–Crippen MR) is 104 cm³/mol. The van der Waals surface area contributed by atoms with E-state index in [1.807, 2.05) is 44.2 Å². The number of aliphatic hydroxyl groups excluding tert-OH is 1. The van der Waals surface area contributed by atoms with Crippen LogP contribution in [0.2, 0.25) is 0 Å². The minimum Gasteiger partial charge on any atom is -0.508 e. The monoisotopic (exact) mass is 338 g/mol. The summed E-state index contributed by atoms with van der Waals surface area (Å²) in [4.78, 5) is 0. The fourth-order valence-electron chi connectivity index (χ4n) is 2.49. The third-order valence-electron chi connectivity index (χ3n) is 4.01. The van der Waals surface area contributed by atoms with Crippen LogP contribution in [0.5, 0.6) is 11.5 Å². The molecule has 25 heavy (non-hydrogen) atoms. The quantitative estimate of drug-likeness (QED) is 0.617. The molecule has 1 atom stereocenters. The van der Waals surface area contributed by atoms with Crippen molar-refractivity contribution in [2.24, 2.45) is 5.92 Å². The molecule has 0 fully saturated rings.